The molecule has 0 bridgehead atoms. The van der Waals surface area contributed by atoms with E-state index in [9.17, 15) is 19.8 Å². The van der Waals surface area contributed by atoms with Crippen LogP contribution in [0.1, 0.15) is 9.08 Å². The minimum Gasteiger partial charge on any atom is -1.00 e. The summed E-state index contributed by atoms with van der Waals surface area (Å²) < 4.78 is 6.54. The summed E-state index contributed by atoms with van der Waals surface area (Å²) in [6.07, 6.45) is -3.43. The number of rotatable bonds is 2. The second-order valence-electron chi connectivity index (χ2n) is 4.49. The third-order valence-electron chi connectivity index (χ3n) is 3.26. The fraction of sp³-hybridized carbons (Fsp3) is 0.500. The molecular weight excluding hydrogens is 318 g/mol. The molecule has 3 rings (SSSR count). The summed E-state index contributed by atoms with van der Waals surface area (Å²) in [5.41, 5.74) is -1.36. The molecule has 1 aliphatic heterocycles. The van der Waals surface area contributed by atoms with E-state index in [-0.39, 0.29) is 73.1 Å². The molecule has 22 heavy (non-hydrogen) atoms. The summed E-state index contributed by atoms with van der Waals surface area (Å²) in [4.78, 5) is 31.1. The molecule has 1 aliphatic rings. The SMILES string of the molecule is O=c1[nH]c(=O)c2ncn([C@@H]3O[C@H](CO)[C@@H](O)[C@H]3O)c2[nH]1.[H-].[H-].[Na+].[Na+]. The molecule has 1 saturated heterocycles. The summed E-state index contributed by atoms with van der Waals surface area (Å²) in [6, 6.07) is 0. The summed E-state index contributed by atoms with van der Waals surface area (Å²) in [6.45, 7) is -0.474. The molecule has 0 radical (unpaired) electrons. The molecule has 0 spiro atoms. The number of nitrogens with one attached hydrogen (secondary N) is 2. The van der Waals surface area contributed by atoms with Crippen LogP contribution >= 0.6 is 0 Å². The maximum absolute atomic E-state index is 11.6. The van der Waals surface area contributed by atoms with Crippen LogP contribution in [-0.4, -0.2) is 59.8 Å². The van der Waals surface area contributed by atoms with Gasteiger partial charge in [0, 0.05) is 0 Å². The average molecular weight is 332 g/mol. The molecule has 12 heteroatoms. The first kappa shape index (κ1) is 20.0. The number of aliphatic hydroxyl groups excluding tert-OH is 3. The molecule has 2 aromatic rings. The number of nitrogens with zero attached hydrogens (tertiary/aromatic N) is 2. The van der Waals surface area contributed by atoms with Crippen LogP contribution < -0.4 is 70.4 Å². The first-order chi connectivity index (χ1) is 9.52. The largest absolute Gasteiger partial charge is 1.00 e. The zero-order chi connectivity index (χ0) is 14.4. The Kier molecular flexibility index (Phi) is 7.02. The van der Waals surface area contributed by atoms with E-state index in [2.05, 4.69) is 9.97 Å². The number of ether oxygens (including phenoxy) is 1. The van der Waals surface area contributed by atoms with Crippen molar-refractivity contribution in [2.24, 2.45) is 0 Å². The van der Waals surface area contributed by atoms with Gasteiger partial charge in [-0.1, -0.05) is 0 Å². The van der Waals surface area contributed by atoms with Crippen LogP contribution in [0.4, 0.5) is 0 Å². The Bertz CT molecular complexity index is 768. The minimum absolute atomic E-state index is 0. The summed E-state index contributed by atoms with van der Waals surface area (Å²) >= 11 is 0. The van der Waals surface area contributed by atoms with Crippen LogP contribution in [0.3, 0.4) is 0 Å². The van der Waals surface area contributed by atoms with Gasteiger partial charge in [0.25, 0.3) is 5.56 Å². The molecule has 0 saturated carbocycles. The van der Waals surface area contributed by atoms with Crippen molar-refractivity contribution in [1.29, 1.82) is 0 Å². The van der Waals surface area contributed by atoms with Crippen LogP contribution in [-0.2, 0) is 4.74 Å². The number of aromatic amines is 2. The molecular formula is C10H14N4Na2O6. The Labute approximate surface area is 170 Å². The van der Waals surface area contributed by atoms with Crippen molar-refractivity contribution in [3.8, 4) is 0 Å². The first-order valence-electron chi connectivity index (χ1n) is 5.84. The molecule has 5 N–H and O–H groups in total. The van der Waals surface area contributed by atoms with Gasteiger partial charge < -0.3 is 22.9 Å². The number of fused-ring (bicyclic) bond motifs is 1. The minimum atomic E-state index is -1.33. The monoisotopic (exact) mass is 332 g/mol. The average Bonchev–Trinajstić information content (AvgIpc) is 2.93. The van der Waals surface area contributed by atoms with Crippen molar-refractivity contribution in [1.82, 2.24) is 19.5 Å². The Morgan fingerprint density at radius 1 is 1.27 bits per heavy atom. The van der Waals surface area contributed by atoms with E-state index in [4.69, 9.17) is 9.84 Å². The van der Waals surface area contributed by atoms with Gasteiger partial charge in [0.1, 0.15) is 24.0 Å². The molecule has 10 nitrogen and oxygen atoms in total. The first-order valence-corrected chi connectivity index (χ1v) is 5.84. The van der Waals surface area contributed by atoms with E-state index in [1.807, 2.05) is 4.98 Å². The molecule has 0 aromatic carbocycles. The molecule has 0 unspecified atom stereocenters. The Balaban J connectivity index is 0. The van der Waals surface area contributed by atoms with Crippen LogP contribution in [0.2, 0.25) is 0 Å². The van der Waals surface area contributed by atoms with Gasteiger partial charge in [-0.15, -0.1) is 0 Å². The molecule has 1 fully saturated rings. The van der Waals surface area contributed by atoms with Crippen LogP contribution in [0, 0.1) is 0 Å². The van der Waals surface area contributed by atoms with Crippen LogP contribution in [0.15, 0.2) is 15.9 Å². The quantitative estimate of drug-likeness (QED) is 0.342. The fourth-order valence-electron chi connectivity index (χ4n) is 2.25. The van der Waals surface area contributed by atoms with E-state index < -0.39 is 42.4 Å². The van der Waals surface area contributed by atoms with Gasteiger partial charge in [0.2, 0.25) is 0 Å². The molecule has 0 aliphatic carbocycles. The second kappa shape index (κ2) is 7.71. The zero-order valence-corrected chi connectivity index (χ0v) is 16.1. The van der Waals surface area contributed by atoms with Crippen molar-refractivity contribution in [3.63, 3.8) is 0 Å². The molecule has 4 atom stereocenters. The Hall–Kier alpha value is -0.0100. The number of aromatic nitrogens is 4. The van der Waals surface area contributed by atoms with Gasteiger partial charge >= 0.3 is 64.8 Å². The third kappa shape index (κ3) is 3.26. The zero-order valence-electron chi connectivity index (χ0n) is 14.1. The van der Waals surface area contributed by atoms with Crippen LogP contribution in [0.5, 0.6) is 0 Å². The predicted molar refractivity (Wildman–Crippen MR) is 66.2 cm³/mol. The molecule has 112 valence electrons. The van der Waals surface area contributed by atoms with Gasteiger partial charge in [-0.3, -0.25) is 19.3 Å². The van der Waals surface area contributed by atoms with E-state index in [1.165, 1.54) is 10.9 Å². The fourth-order valence-corrected chi connectivity index (χ4v) is 2.25. The summed E-state index contributed by atoms with van der Waals surface area (Å²) in [5, 5.41) is 28.7. The number of hydrogen-bond donors (Lipinski definition) is 5. The number of H-pyrrole nitrogens is 2. The van der Waals surface area contributed by atoms with Gasteiger partial charge in [-0.25, -0.2) is 9.78 Å². The standard InChI is InChI=1S/C10H12N4O6.2Na.2H/c15-1-3-5(16)6(17)9(20-3)14-2-11-4-7(14)12-10(19)13-8(4)18;;;;/h2-3,5-6,9,15-17H,1H2,(H2,12,13,18,19);;;;/q;2*+1;2*-1/t3-,5-,6-,9-;;;;/m1..../s1. The van der Waals surface area contributed by atoms with E-state index in [1.54, 1.807) is 0 Å². The molecule has 2 aromatic heterocycles. The Morgan fingerprint density at radius 2 is 1.95 bits per heavy atom. The van der Waals surface area contributed by atoms with Gasteiger partial charge in [-0.2, -0.15) is 0 Å². The number of imidazole rings is 1. The second-order valence-corrected chi connectivity index (χ2v) is 4.49. The van der Waals surface area contributed by atoms with E-state index >= 15 is 0 Å². The smallest absolute Gasteiger partial charge is 1.00 e. The van der Waals surface area contributed by atoms with Gasteiger partial charge in [-0.05, 0) is 0 Å². The summed E-state index contributed by atoms with van der Waals surface area (Å²) in [7, 11) is 0. The van der Waals surface area contributed by atoms with Crippen LogP contribution in [0.25, 0.3) is 11.2 Å². The molecule has 3 heterocycles. The topological polar surface area (TPSA) is 153 Å². The number of aliphatic hydroxyl groups is 3. The molecule has 0 amide bonds. The maximum atomic E-state index is 11.6. The van der Waals surface area contributed by atoms with Crippen molar-refractivity contribution in [2.75, 3.05) is 6.61 Å². The van der Waals surface area contributed by atoms with Gasteiger partial charge in [0.15, 0.2) is 11.7 Å². The summed E-state index contributed by atoms with van der Waals surface area (Å²) in [5.74, 6) is 0. The van der Waals surface area contributed by atoms with E-state index in [0.717, 1.165) is 0 Å². The Morgan fingerprint density at radius 3 is 2.55 bits per heavy atom. The van der Waals surface area contributed by atoms with Crippen molar-refractivity contribution in [2.45, 2.75) is 24.5 Å². The normalized spacial score (nSPS) is 27.4. The van der Waals surface area contributed by atoms with Crippen molar-refractivity contribution in [3.05, 3.63) is 27.2 Å². The van der Waals surface area contributed by atoms with E-state index in [0.29, 0.717) is 0 Å². The van der Waals surface area contributed by atoms with Crippen molar-refractivity contribution >= 4 is 11.2 Å². The van der Waals surface area contributed by atoms with Crippen molar-refractivity contribution < 1.29 is 82.0 Å². The maximum Gasteiger partial charge on any atom is 1.00 e. The third-order valence-corrected chi connectivity index (χ3v) is 3.26. The van der Waals surface area contributed by atoms with Gasteiger partial charge in [0.05, 0.1) is 12.9 Å². The number of hydrogen-bond acceptors (Lipinski definition) is 7. The predicted octanol–water partition coefficient (Wildman–Crippen LogP) is -8.74.